The smallest absolute Gasteiger partial charge is 0.352 e. The number of carboxylic acids is 1. The first kappa shape index (κ1) is 14.9. The molecule has 0 saturated carbocycles. The van der Waals surface area contributed by atoms with Gasteiger partial charge in [-0.05, 0) is 30.3 Å². The van der Waals surface area contributed by atoms with Gasteiger partial charge in [-0.25, -0.2) is 4.79 Å². The molecule has 0 aromatic carbocycles. The first-order valence-electron chi connectivity index (χ1n) is 7.00. The molecular weight excluding hydrogens is 350 g/mol. The molecule has 0 fully saturated rings. The molecule has 0 bridgehead atoms. The van der Waals surface area contributed by atoms with E-state index in [0.29, 0.717) is 21.3 Å². The van der Waals surface area contributed by atoms with Crippen LogP contribution in [0.4, 0.5) is 0 Å². The lowest BCUT2D eigenvalue weighted by atomic mass is 10.3. The zero-order valence-electron chi connectivity index (χ0n) is 12.1. The Morgan fingerprint density at radius 2 is 2.21 bits per heavy atom. The van der Waals surface area contributed by atoms with Crippen LogP contribution in [-0.4, -0.2) is 25.8 Å². The van der Waals surface area contributed by atoms with Crippen molar-refractivity contribution in [3.63, 3.8) is 0 Å². The van der Waals surface area contributed by atoms with E-state index in [2.05, 4.69) is 10.1 Å². The van der Waals surface area contributed by atoms with Crippen LogP contribution < -0.4 is 0 Å². The number of hydrogen-bond acceptors (Lipinski definition) is 5. The van der Waals surface area contributed by atoms with Crippen molar-refractivity contribution >= 4 is 39.9 Å². The molecule has 4 aromatic rings. The average Bonchev–Trinajstić information content (AvgIpc) is 3.27. The molecule has 4 aromatic heterocycles. The Labute approximate surface area is 144 Å². The number of pyridine rings is 1. The van der Waals surface area contributed by atoms with Crippen molar-refractivity contribution in [3.8, 4) is 10.6 Å². The molecule has 24 heavy (non-hydrogen) atoms. The average molecular weight is 360 g/mol. The molecule has 0 aliphatic heterocycles. The summed E-state index contributed by atoms with van der Waals surface area (Å²) >= 11 is 7.33. The first-order chi connectivity index (χ1) is 11.6. The predicted molar refractivity (Wildman–Crippen MR) is 90.6 cm³/mol. The number of aromatic carboxylic acids is 1. The van der Waals surface area contributed by atoms with Crippen LogP contribution in [0, 0.1) is 0 Å². The molecule has 6 nitrogen and oxygen atoms in total. The fourth-order valence-corrected chi connectivity index (χ4v) is 3.54. The molecule has 8 heteroatoms. The van der Waals surface area contributed by atoms with Gasteiger partial charge < -0.3 is 14.2 Å². The van der Waals surface area contributed by atoms with E-state index in [9.17, 15) is 9.90 Å². The zero-order chi connectivity index (χ0) is 16.7. The molecular formula is C16H10ClN3O3S. The molecule has 0 amide bonds. The molecule has 0 saturated heterocycles. The maximum Gasteiger partial charge on any atom is 0.352 e. The van der Waals surface area contributed by atoms with Crippen molar-refractivity contribution in [1.29, 1.82) is 0 Å². The lowest BCUT2D eigenvalue weighted by Gasteiger charge is -2.05. The SMILES string of the molecule is O=C(O)c1cc2ncccc2n1Cc1cc(-c2ccc(Cl)s2)on1. The summed E-state index contributed by atoms with van der Waals surface area (Å²) in [5, 5.41) is 13.5. The minimum absolute atomic E-state index is 0.160. The Hall–Kier alpha value is -2.64. The topological polar surface area (TPSA) is 81.1 Å². The fraction of sp³-hybridized carbons (Fsp3) is 0.0625. The highest BCUT2D eigenvalue weighted by Crippen LogP contribution is 2.31. The van der Waals surface area contributed by atoms with Crippen LogP contribution in [0.1, 0.15) is 16.2 Å². The molecule has 4 rings (SSSR count). The number of halogens is 1. The Morgan fingerprint density at radius 1 is 1.33 bits per heavy atom. The van der Waals surface area contributed by atoms with Crippen LogP contribution >= 0.6 is 22.9 Å². The molecule has 0 unspecified atom stereocenters. The standard InChI is InChI=1S/C16H10ClN3O3S/c17-15-4-3-14(24-15)13-6-9(19-23-13)8-20-11-2-1-5-18-10(11)7-12(20)16(21)22/h1-7H,8H2,(H,21,22). The number of aromatic nitrogens is 3. The van der Waals surface area contributed by atoms with E-state index in [1.165, 1.54) is 11.3 Å². The van der Waals surface area contributed by atoms with Gasteiger partial charge in [0.25, 0.3) is 0 Å². The summed E-state index contributed by atoms with van der Waals surface area (Å²) in [5.41, 5.74) is 2.15. The largest absolute Gasteiger partial charge is 0.477 e. The summed E-state index contributed by atoms with van der Waals surface area (Å²) in [6.07, 6.45) is 1.63. The summed E-state index contributed by atoms with van der Waals surface area (Å²) in [4.78, 5) is 16.6. The van der Waals surface area contributed by atoms with Crippen molar-refractivity contribution in [2.24, 2.45) is 0 Å². The lowest BCUT2D eigenvalue weighted by molar-refractivity contribution is 0.0686. The number of nitrogens with zero attached hydrogens (tertiary/aromatic N) is 3. The van der Waals surface area contributed by atoms with Crippen molar-refractivity contribution < 1.29 is 14.4 Å². The monoisotopic (exact) mass is 359 g/mol. The normalized spacial score (nSPS) is 11.2. The number of carbonyl (C=O) groups is 1. The summed E-state index contributed by atoms with van der Waals surface area (Å²) in [6, 6.07) is 10.6. The van der Waals surface area contributed by atoms with Crippen molar-refractivity contribution in [3.05, 3.63) is 58.3 Å². The second-order valence-electron chi connectivity index (χ2n) is 5.11. The summed E-state index contributed by atoms with van der Waals surface area (Å²) in [5.74, 6) is -0.407. The maximum absolute atomic E-state index is 11.5. The first-order valence-corrected chi connectivity index (χ1v) is 8.20. The van der Waals surface area contributed by atoms with Crippen LogP contribution in [0.5, 0.6) is 0 Å². The van der Waals surface area contributed by atoms with Crippen LogP contribution in [0.15, 0.2) is 47.1 Å². The quantitative estimate of drug-likeness (QED) is 0.592. The number of hydrogen-bond donors (Lipinski definition) is 1. The van der Waals surface area contributed by atoms with Crippen molar-refractivity contribution in [2.45, 2.75) is 6.54 Å². The Kier molecular flexibility index (Phi) is 3.59. The van der Waals surface area contributed by atoms with Gasteiger partial charge in [0.15, 0.2) is 5.76 Å². The summed E-state index contributed by atoms with van der Waals surface area (Å²) in [7, 11) is 0. The highest BCUT2D eigenvalue weighted by Gasteiger charge is 2.17. The Balaban J connectivity index is 1.73. The van der Waals surface area contributed by atoms with Crippen LogP contribution in [0.2, 0.25) is 4.34 Å². The number of rotatable bonds is 4. The van der Waals surface area contributed by atoms with E-state index in [1.807, 2.05) is 12.1 Å². The van der Waals surface area contributed by atoms with Gasteiger partial charge in [0, 0.05) is 12.3 Å². The van der Waals surface area contributed by atoms with E-state index < -0.39 is 5.97 Å². The van der Waals surface area contributed by atoms with Crippen molar-refractivity contribution in [1.82, 2.24) is 14.7 Å². The third-order valence-corrected chi connectivity index (χ3v) is 4.83. The van der Waals surface area contributed by atoms with Gasteiger partial charge in [-0.1, -0.05) is 16.8 Å². The summed E-state index contributed by atoms with van der Waals surface area (Å²) in [6.45, 7) is 0.277. The fourth-order valence-electron chi connectivity index (χ4n) is 2.54. The molecule has 0 spiro atoms. The molecule has 0 atom stereocenters. The number of thiophene rings is 1. The highest BCUT2D eigenvalue weighted by atomic mass is 35.5. The molecule has 4 heterocycles. The van der Waals surface area contributed by atoms with Crippen LogP contribution in [-0.2, 0) is 6.54 Å². The number of fused-ring (bicyclic) bond motifs is 1. The van der Waals surface area contributed by atoms with Crippen LogP contribution in [0.3, 0.4) is 0 Å². The minimum Gasteiger partial charge on any atom is -0.477 e. The van der Waals surface area contributed by atoms with Gasteiger partial charge in [0.05, 0.1) is 26.8 Å². The van der Waals surface area contributed by atoms with Gasteiger partial charge >= 0.3 is 5.97 Å². The van der Waals surface area contributed by atoms with Gasteiger partial charge in [-0.15, -0.1) is 11.3 Å². The van der Waals surface area contributed by atoms with E-state index in [-0.39, 0.29) is 12.2 Å². The van der Waals surface area contributed by atoms with E-state index >= 15 is 0 Å². The zero-order valence-corrected chi connectivity index (χ0v) is 13.7. The highest BCUT2D eigenvalue weighted by molar-refractivity contribution is 7.19. The Morgan fingerprint density at radius 3 is 2.96 bits per heavy atom. The third kappa shape index (κ3) is 2.57. The molecule has 1 N–H and O–H groups in total. The molecule has 0 radical (unpaired) electrons. The Bertz CT molecular complexity index is 1050. The maximum atomic E-state index is 11.5. The van der Waals surface area contributed by atoms with E-state index in [4.69, 9.17) is 16.1 Å². The lowest BCUT2D eigenvalue weighted by Crippen LogP contribution is -2.09. The van der Waals surface area contributed by atoms with Gasteiger partial charge in [-0.3, -0.25) is 4.98 Å². The van der Waals surface area contributed by atoms with Gasteiger partial charge in [0.1, 0.15) is 11.4 Å². The van der Waals surface area contributed by atoms with Crippen LogP contribution in [0.25, 0.3) is 21.7 Å². The molecule has 0 aliphatic carbocycles. The molecule has 120 valence electrons. The predicted octanol–water partition coefficient (Wildman–Crippen LogP) is 4.15. The summed E-state index contributed by atoms with van der Waals surface area (Å²) < 4.78 is 7.68. The second-order valence-corrected chi connectivity index (χ2v) is 6.83. The third-order valence-electron chi connectivity index (χ3n) is 3.59. The second kappa shape index (κ2) is 5.77. The molecule has 0 aliphatic rings. The van der Waals surface area contributed by atoms with E-state index in [0.717, 1.165) is 10.4 Å². The minimum atomic E-state index is -1.01. The number of carboxylic acid groups (broad SMARTS) is 1. The van der Waals surface area contributed by atoms with E-state index in [1.54, 1.807) is 35.0 Å². The van der Waals surface area contributed by atoms with Gasteiger partial charge in [-0.2, -0.15) is 0 Å². The van der Waals surface area contributed by atoms with Gasteiger partial charge in [0.2, 0.25) is 0 Å². The van der Waals surface area contributed by atoms with Crippen molar-refractivity contribution in [2.75, 3.05) is 0 Å².